The molecule has 4 N–H and O–H groups in total. The summed E-state index contributed by atoms with van der Waals surface area (Å²) in [7, 11) is 0. The molecule has 4 aromatic rings. The van der Waals surface area contributed by atoms with Gasteiger partial charge in [-0.05, 0) is 62.4 Å². The van der Waals surface area contributed by atoms with Gasteiger partial charge in [0.1, 0.15) is 5.52 Å². The molecule has 5 rings (SSSR count). The maximum atomic E-state index is 10.1. The molecule has 4 heterocycles. The molecule has 8 nitrogen and oxygen atoms in total. The number of aliphatic hydroxyl groups is 1. The molecule has 1 aliphatic rings. The SMILES string of the molecule is CC1(O)CCC(Nc2nc(N)c3c(-c4ccn5nccc5c4)ccn3n2)CC1. The Bertz CT molecular complexity index is 1150. The van der Waals surface area contributed by atoms with Gasteiger partial charge in [-0.2, -0.15) is 10.1 Å². The molecule has 1 aliphatic carbocycles. The zero-order valence-corrected chi connectivity index (χ0v) is 15.7. The van der Waals surface area contributed by atoms with Crippen LogP contribution in [0.5, 0.6) is 0 Å². The lowest BCUT2D eigenvalue weighted by atomic mass is 9.84. The summed E-state index contributed by atoms with van der Waals surface area (Å²) in [4.78, 5) is 4.50. The molecule has 0 amide bonds. The molecule has 0 radical (unpaired) electrons. The van der Waals surface area contributed by atoms with Gasteiger partial charge in [0.05, 0.1) is 11.1 Å². The van der Waals surface area contributed by atoms with Crippen molar-refractivity contribution in [3.8, 4) is 11.1 Å². The molecule has 4 aromatic heterocycles. The molecular formula is C20H23N7O. The molecule has 0 saturated heterocycles. The molecule has 0 bridgehead atoms. The zero-order chi connectivity index (χ0) is 19.3. The summed E-state index contributed by atoms with van der Waals surface area (Å²) in [6, 6.07) is 8.29. The number of rotatable bonds is 3. The molecule has 28 heavy (non-hydrogen) atoms. The van der Waals surface area contributed by atoms with E-state index in [9.17, 15) is 5.11 Å². The van der Waals surface area contributed by atoms with E-state index in [1.807, 2.05) is 42.0 Å². The van der Waals surface area contributed by atoms with Crippen molar-refractivity contribution in [1.29, 1.82) is 0 Å². The lowest BCUT2D eigenvalue weighted by Gasteiger charge is -2.33. The quantitative estimate of drug-likeness (QED) is 0.507. The Labute approximate surface area is 162 Å². The van der Waals surface area contributed by atoms with Gasteiger partial charge < -0.3 is 16.2 Å². The highest BCUT2D eigenvalue weighted by Gasteiger charge is 2.29. The number of anilines is 2. The van der Waals surface area contributed by atoms with Crippen LogP contribution in [0.1, 0.15) is 32.6 Å². The van der Waals surface area contributed by atoms with Crippen LogP contribution in [0.2, 0.25) is 0 Å². The van der Waals surface area contributed by atoms with Crippen LogP contribution in [0, 0.1) is 0 Å². The number of aromatic nitrogens is 5. The predicted octanol–water partition coefficient (Wildman–Crippen LogP) is 2.73. The van der Waals surface area contributed by atoms with Crippen molar-refractivity contribution in [3.05, 3.63) is 42.9 Å². The first kappa shape index (κ1) is 17.0. The third-order valence-corrected chi connectivity index (χ3v) is 5.64. The van der Waals surface area contributed by atoms with E-state index in [2.05, 4.69) is 26.6 Å². The summed E-state index contributed by atoms with van der Waals surface area (Å²) in [5.41, 5.74) is 9.59. The van der Waals surface area contributed by atoms with Crippen molar-refractivity contribution in [1.82, 2.24) is 24.2 Å². The first-order valence-corrected chi connectivity index (χ1v) is 9.56. The molecule has 0 aromatic carbocycles. The first-order valence-electron chi connectivity index (χ1n) is 9.56. The Morgan fingerprint density at radius 2 is 1.96 bits per heavy atom. The van der Waals surface area contributed by atoms with Gasteiger partial charge in [0.25, 0.3) is 0 Å². The van der Waals surface area contributed by atoms with E-state index >= 15 is 0 Å². The zero-order valence-electron chi connectivity index (χ0n) is 15.7. The minimum atomic E-state index is -0.562. The van der Waals surface area contributed by atoms with Crippen LogP contribution in [-0.4, -0.2) is 41.0 Å². The van der Waals surface area contributed by atoms with Gasteiger partial charge in [0.2, 0.25) is 5.95 Å². The summed E-state index contributed by atoms with van der Waals surface area (Å²) in [5, 5.41) is 22.3. The number of nitrogen functional groups attached to an aromatic ring is 1. The third-order valence-electron chi connectivity index (χ3n) is 5.64. The summed E-state index contributed by atoms with van der Waals surface area (Å²) in [6.45, 7) is 1.90. The number of hydrogen-bond acceptors (Lipinski definition) is 6. The molecule has 0 spiro atoms. The van der Waals surface area contributed by atoms with Gasteiger partial charge in [0, 0.05) is 30.2 Å². The highest BCUT2D eigenvalue weighted by molar-refractivity contribution is 5.88. The van der Waals surface area contributed by atoms with E-state index in [0.717, 1.165) is 47.8 Å². The van der Waals surface area contributed by atoms with E-state index in [-0.39, 0.29) is 6.04 Å². The van der Waals surface area contributed by atoms with Crippen molar-refractivity contribution >= 4 is 22.8 Å². The summed E-state index contributed by atoms with van der Waals surface area (Å²) in [6.07, 6.45) is 8.92. The van der Waals surface area contributed by atoms with Crippen LogP contribution in [0.3, 0.4) is 0 Å². The third kappa shape index (κ3) is 2.95. The lowest BCUT2D eigenvalue weighted by molar-refractivity contribution is 0.0195. The van der Waals surface area contributed by atoms with Gasteiger partial charge in [-0.25, -0.2) is 9.03 Å². The monoisotopic (exact) mass is 377 g/mol. The summed E-state index contributed by atoms with van der Waals surface area (Å²) in [5.74, 6) is 0.957. The van der Waals surface area contributed by atoms with Crippen molar-refractivity contribution in [3.63, 3.8) is 0 Å². The second-order valence-corrected chi connectivity index (χ2v) is 7.87. The molecule has 0 unspecified atom stereocenters. The minimum Gasteiger partial charge on any atom is -0.390 e. The molecule has 144 valence electrons. The fraction of sp³-hybridized carbons (Fsp3) is 0.350. The number of pyridine rings is 1. The number of nitrogens with zero attached hydrogens (tertiary/aromatic N) is 5. The number of nitrogens with one attached hydrogen (secondary N) is 1. The molecule has 0 aliphatic heterocycles. The van der Waals surface area contributed by atoms with Gasteiger partial charge in [-0.3, -0.25) is 0 Å². The van der Waals surface area contributed by atoms with Crippen LogP contribution < -0.4 is 11.1 Å². The van der Waals surface area contributed by atoms with Gasteiger partial charge in [0.15, 0.2) is 5.82 Å². The number of fused-ring (bicyclic) bond motifs is 2. The van der Waals surface area contributed by atoms with Crippen LogP contribution in [-0.2, 0) is 0 Å². The molecular weight excluding hydrogens is 354 g/mol. The number of nitrogens with two attached hydrogens (primary N) is 1. The second kappa shape index (κ2) is 6.20. The van der Waals surface area contributed by atoms with Gasteiger partial charge in [-0.1, -0.05) is 0 Å². The fourth-order valence-corrected chi connectivity index (χ4v) is 4.00. The van der Waals surface area contributed by atoms with Crippen LogP contribution in [0.25, 0.3) is 22.2 Å². The largest absolute Gasteiger partial charge is 0.390 e. The van der Waals surface area contributed by atoms with E-state index in [1.54, 1.807) is 10.7 Å². The molecule has 1 fully saturated rings. The lowest BCUT2D eigenvalue weighted by Crippen LogP contribution is -2.36. The van der Waals surface area contributed by atoms with E-state index < -0.39 is 5.60 Å². The van der Waals surface area contributed by atoms with E-state index in [4.69, 9.17) is 5.73 Å². The Balaban J connectivity index is 1.46. The molecule has 0 atom stereocenters. The summed E-state index contributed by atoms with van der Waals surface area (Å²) >= 11 is 0. The predicted molar refractivity (Wildman–Crippen MR) is 108 cm³/mol. The van der Waals surface area contributed by atoms with Crippen molar-refractivity contribution < 1.29 is 5.11 Å². The van der Waals surface area contributed by atoms with Crippen molar-refractivity contribution in [2.75, 3.05) is 11.1 Å². The van der Waals surface area contributed by atoms with Crippen LogP contribution >= 0.6 is 0 Å². The first-order chi connectivity index (χ1) is 13.5. The van der Waals surface area contributed by atoms with E-state index in [1.165, 1.54) is 0 Å². The van der Waals surface area contributed by atoms with Gasteiger partial charge >= 0.3 is 0 Å². The fourth-order valence-electron chi connectivity index (χ4n) is 4.00. The Morgan fingerprint density at radius 1 is 1.18 bits per heavy atom. The van der Waals surface area contributed by atoms with E-state index in [0.29, 0.717) is 11.8 Å². The average Bonchev–Trinajstić information content (AvgIpc) is 3.29. The maximum absolute atomic E-state index is 10.1. The normalized spacial score (nSPS) is 22.7. The Hall–Kier alpha value is -3.13. The summed E-state index contributed by atoms with van der Waals surface area (Å²) < 4.78 is 3.60. The second-order valence-electron chi connectivity index (χ2n) is 7.87. The number of hydrogen-bond donors (Lipinski definition) is 3. The Morgan fingerprint density at radius 3 is 2.79 bits per heavy atom. The van der Waals surface area contributed by atoms with Crippen LogP contribution in [0.4, 0.5) is 11.8 Å². The average molecular weight is 377 g/mol. The maximum Gasteiger partial charge on any atom is 0.243 e. The van der Waals surface area contributed by atoms with Crippen molar-refractivity contribution in [2.24, 2.45) is 0 Å². The Kier molecular flexibility index (Phi) is 3.77. The smallest absolute Gasteiger partial charge is 0.243 e. The standard InChI is InChI=1S/C20H23N7O/c1-20(28)7-2-14(3-8-20)23-19-24-18(21)17-16(6-11-27(17)25-19)13-5-10-26-15(12-13)4-9-22-26/h4-6,9-12,14,28H,2-3,7-8H2,1H3,(H3,21,23,24,25). The van der Waals surface area contributed by atoms with Crippen LogP contribution in [0.15, 0.2) is 42.9 Å². The highest BCUT2D eigenvalue weighted by Crippen LogP contribution is 2.31. The minimum absolute atomic E-state index is 0.247. The molecule has 8 heteroatoms. The topological polar surface area (TPSA) is 106 Å². The highest BCUT2D eigenvalue weighted by atomic mass is 16.3. The molecule has 1 saturated carbocycles. The van der Waals surface area contributed by atoms with Gasteiger partial charge in [-0.15, -0.1) is 5.10 Å². The van der Waals surface area contributed by atoms with Crippen molar-refractivity contribution in [2.45, 2.75) is 44.2 Å².